The molecule has 0 unspecified atom stereocenters. The molecule has 0 bridgehead atoms. The van der Waals surface area contributed by atoms with Crippen LogP contribution >= 0.6 is 34.8 Å². The molecule has 70 valence electrons. The molecule has 0 atom stereocenters. The molecule has 0 N–H and O–H groups in total. The number of carbonyl (C=O) groups is 1. The van der Waals surface area contributed by atoms with Crippen molar-refractivity contribution < 1.29 is 4.79 Å². The summed E-state index contributed by atoms with van der Waals surface area (Å²) < 4.78 is 0. The van der Waals surface area contributed by atoms with Gasteiger partial charge in [0.25, 0.3) is 0 Å². The molecule has 0 amide bonds. The molecule has 0 heterocycles. The highest BCUT2D eigenvalue weighted by Gasteiger charge is 2.17. The fourth-order valence-electron chi connectivity index (χ4n) is 0.945. The van der Waals surface area contributed by atoms with Gasteiger partial charge in [0, 0.05) is 5.56 Å². The van der Waals surface area contributed by atoms with Crippen molar-refractivity contribution in [1.29, 1.82) is 0 Å². The van der Waals surface area contributed by atoms with E-state index in [-0.39, 0.29) is 5.78 Å². The normalized spacial score (nSPS) is 10.5. The Kier molecular flexibility index (Phi) is 3.60. The van der Waals surface area contributed by atoms with Gasteiger partial charge in [-0.1, -0.05) is 46.4 Å². The molecule has 0 fully saturated rings. The molecule has 0 radical (unpaired) electrons. The predicted molar refractivity (Wildman–Crippen MR) is 56.0 cm³/mol. The summed E-state index contributed by atoms with van der Waals surface area (Å²) in [5.41, 5.74) is 1.32. The van der Waals surface area contributed by atoms with Crippen molar-refractivity contribution in [2.75, 3.05) is 0 Å². The van der Waals surface area contributed by atoms with Crippen LogP contribution in [-0.4, -0.2) is 10.6 Å². The van der Waals surface area contributed by atoms with E-state index < -0.39 is 4.84 Å². The zero-order valence-corrected chi connectivity index (χ0v) is 9.12. The van der Waals surface area contributed by atoms with Crippen LogP contribution in [0.3, 0.4) is 0 Å². The van der Waals surface area contributed by atoms with Gasteiger partial charge in [-0.3, -0.25) is 4.79 Å². The average molecular weight is 238 g/mol. The lowest BCUT2D eigenvalue weighted by atomic mass is 10.1. The van der Waals surface area contributed by atoms with Gasteiger partial charge in [0.05, 0.1) is 5.02 Å². The lowest BCUT2D eigenvalue weighted by molar-refractivity contribution is 0.101. The van der Waals surface area contributed by atoms with Gasteiger partial charge in [0.15, 0.2) is 10.6 Å². The van der Waals surface area contributed by atoms with E-state index in [1.54, 1.807) is 12.1 Å². The van der Waals surface area contributed by atoms with Gasteiger partial charge in [-0.05, 0) is 19.1 Å². The largest absolute Gasteiger partial charge is 0.291 e. The van der Waals surface area contributed by atoms with Crippen molar-refractivity contribution in [3.05, 3.63) is 34.3 Å². The Hall–Kier alpha value is -0.240. The first-order valence-corrected chi connectivity index (χ1v) is 4.86. The predicted octanol–water partition coefficient (Wildman–Crippen LogP) is 3.63. The van der Waals surface area contributed by atoms with E-state index in [9.17, 15) is 4.79 Å². The number of Topliss-reactive ketones (excluding diaryl/α,β-unsaturated/α-hetero) is 1. The molecule has 0 saturated heterocycles. The van der Waals surface area contributed by atoms with Crippen LogP contribution in [0.5, 0.6) is 0 Å². The summed E-state index contributed by atoms with van der Waals surface area (Å²) in [6, 6.07) is 5.14. The van der Waals surface area contributed by atoms with Crippen LogP contribution in [0, 0.1) is 6.92 Å². The molecule has 13 heavy (non-hydrogen) atoms. The first-order chi connectivity index (χ1) is 6.02. The smallest absolute Gasteiger partial charge is 0.197 e. The molecule has 0 spiro atoms. The number of hydrogen-bond acceptors (Lipinski definition) is 1. The Labute approximate surface area is 91.6 Å². The number of aryl methyl sites for hydroxylation is 1. The van der Waals surface area contributed by atoms with Crippen molar-refractivity contribution in [1.82, 2.24) is 0 Å². The van der Waals surface area contributed by atoms with Crippen molar-refractivity contribution in [3.63, 3.8) is 0 Å². The number of ketones is 1. The number of alkyl halides is 2. The van der Waals surface area contributed by atoms with E-state index in [1.165, 1.54) is 0 Å². The second-order valence-corrected chi connectivity index (χ2v) is 4.15. The molecule has 4 heteroatoms. The number of halogens is 3. The zero-order chi connectivity index (χ0) is 10.0. The number of benzene rings is 1. The van der Waals surface area contributed by atoms with Crippen LogP contribution in [0.25, 0.3) is 0 Å². The van der Waals surface area contributed by atoms with Crippen LogP contribution in [0.15, 0.2) is 18.2 Å². The Morgan fingerprint density at radius 3 is 2.54 bits per heavy atom. The first kappa shape index (κ1) is 10.8. The van der Waals surface area contributed by atoms with Gasteiger partial charge in [0.2, 0.25) is 0 Å². The SMILES string of the molecule is Cc1ccc(Cl)c(C(=O)C(Cl)Cl)c1. The van der Waals surface area contributed by atoms with E-state index in [0.717, 1.165) is 5.56 Å². The molecule has 0 aliphatic carbocycles. The average Bonchev–Trinajstić information content (AvgIpc) is 2.08. The molecule has 1 aromatic rings. The van der Waals surface area contributed by atoms with Crippen LogP contribution in [0.2, 0.25) is 5.02 Å². The molecular formula is C9H7Cl3O. The summed E-state index contributed by atoms with van der Waals surface area (Å²) >= 11 is 16.7. The Morgan fingerprint density at radius 2 is 2.00 bits per heavy atom. The molecule has 0 aliphatic heterocycles. The fourth-order valence-corrected chi connectivity index (χ4v) is 1.39. The highest BCUT2D eigenvalue weighted by atomic mass is 35.5. The van der Waals surface area contributed by atoms with E-state index >= 15 is 0 Å². The second-order valence-electron chi connectivity index (χ2n) is 2.65. The lowest BCUT2D eigenvalue weighted by Gasteiger charge is -2.04. The van der Waals surface area contributed by atoms with Crippen molar-refractivity contribution in [2.24, 2.45) is 0 Å². The lowest BCUT2D eigenvalue weighted by Crippen LogP contribution is -2.08. The van der Waals surface area contributed by atoms with Crippen molar-refractivity contribution in [2.45, 2.75) is 11.8 Å². The molecular weight excluding hydrogens is 230 g/mol. The maximum atomic E-state index is 11.4. The Balaban J connectivity index is 3.13. The van der Waals surface area contributed by atoms with Crippen LogP contribution < -0.4 is 0 Å². The Morgan fingerprint density at radius 1 is 1.38 bits per heavy atom. The molecule has 0 aliphatic rings. The van der Waals surface area contributed by atoms with Gasteiger partial charge < -0.3 is 0 Å². The quantitative estimate of drug-likeness (QED) is 0.567. The summed E-state index contributed by atoms with van der Waals surface area (Å²) in [4.78, 5) is 10.3. The summed E-state index contributed by atoms with van der Waals surface area (Å²) in [6.07, 6.45) is 0. The van der Waals surface area contributed by atoms with Crippen LogP contribution in [0.4, 0.5) is 0 Å². The highest BCUT2D eigenvalue weighted by Crippen LogP contribution is 2.21. The van der Waals surface area contributed by atoms with Gasteiger partial charge in [-0.2, -0.15) is 0 Å². The minimum atomic E-state index is -1.06. The van der Waals surface area contributed by atoms with Gasteiger partial charge in [0.1, 0.15) is 0 Å². The standard InChI is InChI=1S/C9H7Cl3O/c1-5-2-3-7(10)6(4-5)8(13)9(11)12/h2-4,9H,1H3. The molecule has 0 aromatic heterocycles. The fraction of sp³-hybridized carbons (Fsp3) is 0.222. The maximum absolute atomic E-state index is 11.4. The van der Waals surface area contributed by atoms with Crippen molar-refractivity contribution >= 4 is 40.6 Å². The van der Waals surface area contributed by atoms with E-state index in [2.05, 4.69) is 0 Å². The molecule has 1 nitrogen and oxygen atoms in total. The van der Waals surface area contributed by atoms with Crippen molar-refractivity contribution in [3.8, 4) is 0 Å². The zero-order valence-electron chi connectivity index (χ0n) is 6.85. The summed E-state index contributed by atoms with van der Waals surface area (Å²) in [5, 5.41) is 0.377. The Bertz CT molecular complexity index is 334. The van der Waals surface area contributed by atoms with Gasteiger partial charge in [-0.15, -0.1) is 0 Å². The number of rotatable bonds is 2. The minimum Gasteiger partial charge on any atom is -0.291 e. The first-order valence-electron chi connectivity index (χ1n) is 3.61. The third-order valence-corrected chi connectivity index (χ3v) is 2.31. The monoisotopic (exact) mass is 236 g/mol. The van der Waals surface area contributed by atoms with E-state index in [0.29, 0.717) is 10.6 Å². The number of carbonyl (C=O) groups excluding carboxylic acids is 1. The third kappa shape index (κ3) is 2.60. The van der Waals surface area contributed by atoms with E-state index in [4.69, 9.17) is 34.8 Å². The highest BCUT2D eigenvalue weighted by molar-refractivity contribution is 6.56. The second kappa shape index (κ2) is 4.32. The third-order valence-electron chi connectivity index (χ3n) is 1.59. The molecule has 0 saturated carbocycles. The van der Waals surface area contributed by atoms with Crippen LogP contribution in [-0.2, 0) is 0 Å². The van der Waals surface area contributed by atoms with Gasteiger partial charge in [-0.25, -0.2) is 0 Å². The summed E-state index contributed by atoms with van der Waals surface area (Å²) in [6.45, 7) is 1.87. The topological polar surface area (TPSA) is 17.1 Å². The minimum absolute atomic E-state index is 0.364. The molecule has 1 rings (SSSR count). The summed E-state index contributed by atoms with van der Waals surface area (Å²) in [7, 11) is 0. The van der Waals surface area contributed by atoms with Gasteiger partial charge >= 0.3 is 0 Å². The maximum Gasteiger partial charge on any atom is 0.197 e. The summed E-state index contributed by atoms with van der Waals surface area (Å²) in [5.74, 6) is -0.364. The molecule has 1 aromatic carbocycles. The van der Waals surface area contributed by atoms with E-state index in [1.807, 2.05) is 13.0 Å². The van der Waals surface area contributed by atoms with Crippen LogP contribution in [0.1, 0.15) is 15.9 Å². The number of hydrogen-bond donors (Lipinski definition) is 0.